The highest BCUT2D eigenvalue weighted by Crippen LogP contribution is 2.27. The van der Waals surface area contributed by atoms with E-state index >= 15 is 0 Å². The van der Waals surface area contributed by atoms with Gasteiger partial charge in [0.2, 0.25) is 0 Å². The second-order valence-electron chi connectivity index (χ2n) is 4.96. The van der Waals surface area contributed by atoms with E-state index in [9.17, 15) is 4.39 Å². The molecule has 0 heterocycles. The first-order valence-corrected chi connectivity index (χ1v) is 7.18. The van der Waals surface area contributed by atoms with Gasteiger partial charge in [-0.25, -0.2) is 4.39 Å². The molecule has 2 aromatic carbocycles. The first-order valence-electron chi connectivity index (χ1n) is 6.42. The number of hydrogen-bond donors (Lipinski definition) is 1. The van der Waals surface area contributed by atoms with Crippen molar-refractivity contribution in [1.82, 2.24) is 0 Å². The second-order valence-corrected chi connectivity index (χ2v) is 5.83. The van der Waals surface area contributed by atoms with Gasteiger partial charge in [-0.3, -0.25) is 0 Å². The fourth-order valence-corrected chi connectivity index (χ4v) is 2.53. The summed E-state index contributed by atoms with van der Waals surface area (Å²) in [6, 6.07) is 12.2. The SMILES string of the molecule is CC(N)C(Cc1ccc(Cl)cc1F)c1ccc(Cl)cc1. The van der Waals surface area contributed by atoms with E-state index in [0.29, 0.717) is 22.0 Å². The fourth-order valence-electron chi connectivity index (χ4n) is 2.24. The molecule has 0 radical (unpaired) electrons. The van der Waals surface area contributed by atoms with Crippen LogP contribution in [0.1, 0.15) is 24.0 Å². The van der Waals surface area contributed by atoms with Crippen molar-refractivity contribution in [2.45, 2.75) is 25.3 Å². The molecule has 20 heavy (non-hydrogen) atoms. The van der Waals surface area contributed by atoms with Gasteiger partial charge < -0.3 is 5.73 Å². The zero-order valence-electron chi connectivity index (χ0n) is 11.1. The Kier molecular flexibility index (Phi) is 5.03. The Labute approximate surface area is 128 Å². The first kappa shape index (κ1) is 15.3. The van der Waals surface area contributed by atoms with E-state index in [0.717, 1.165) is 5.56 Å². The molecule has 0 spiro atoms. The van der Waals surface area contributed by atoms with Crippen LogP contribution in [0.4, 0.5) is 4.39 Å². The minimum atomic E-state index is -0.294. The molecule has 4 heteroatoms. The van der Waals surface area contributed by atoms with Crippen LogP contribution < -0.4 is 5.73 Å². The van der Waals surface area contributed by atoms with E-state index in [-0.39, 0.29) is 17.8 Å². The Balaban J connectivity index is 2.28. The largest absolute Gasteiger partial charge is 0.327 e. The molecule has 2 aromatic rings. The lowest BCUT2D eigenvalue weighted by atomic mass is 9.87. The predicted octanol–water partition coefficient (Wildman–Crippen LogP) is 4.81. The first-order chi connectivity index (χ1) is 9.47. The van der Waals surface area contributed by atoms with Crippen LogP contribution in [0.15, 0.2) is 42.5 Å². The Hall–Kier alpha value is -1.09. The lowest BCUT2D eigenvalue weighted by molar-refractivity contribution is 0.540. The van der Waals surface area contributed by atoms with Crippen LogP contribution in [0.25, 0.3) is 0 Å². The van der Waals surface area contributed by atoms with Gasteiger partial charge in [0.1, 0.15) is 5.82 Å². The maximum absolute atomic E-state index is 13.9. The quantitative estimate of drug-likeness (QED) is 0.861. The van der Waals surface area contributed by atoms with E-state index in [1.807, 2.05) is 31.2 Å². The molecule has 0 saturated heterocycles. The van der Waals surface area contributed by atoms with Crippen LogP contribution in [0.3, 0.4) is 0 Å². The predicted molar refractivity (Wildman–Crippen MR) is 83.0 cm³/mol. The van der Waals surface area contributed by atoms with Crippen LogP contribution in [-0.2, 0) is 6.42 Å². The highest BCUT2D eigenvalue weighted by molar-refractivity contribution is 6.30. The van der Waals surface area contributed by atoms with Crippen molar-refractivity contribution in [3.8, 4) is 0 Å². The van der Waals surface area contributed by atoms with Gasteiger partial charge in [-0.05, 0) is 48.7 Å². The van der Waals surface area contributed by atoms with Crippen LogP contribution in [0.2, 0.25) is 10.0 Å². The molecule has 2 atom stereocenters. The van der Waals surface area contributed by atoms with Gasteiger partial charge in [-0.15, -0.1) is 0 Å². The van der Waals surface area contributed by atoms with Crippen LogP contribution in [-0.4, -0.2) is 6.04 Å². The van der Waals surface area contributed by atoms with E-state index in [1.165, 1.54) is 6.07 Å². The van der Waals surface area contributed by atoms with Gasteiger partial charge >= 0.3 is 0 Å². The van der Waals surface area contributed by atoms with E-state index in [2.05, 4.69) is 0 Å². The Morgan fingerprint density at radius 3 is 2.20 bits per heavy atom. The molecule has 0 aromatic heterocycles. The third kappa shape index (κ3) is 3.72. The molecule has 1 nitrogen and oxygen atoms in total. The molecule has 2 unspecified atom stereocenters. The standard InChI is InChI=1S/C16H16Cl2FN/c1-10(20)15(11-2-5-13(17)6-3-11)8-12-4-7-14(18)9-16(12)19/h2-7,9-10,15H,8,20H2,1H3. The van der Waals surface area contributed by atoms with Gasteiger partial charge in [0.25, 0.3) is 0 Å². The summed E-state index contributed by atoms with van der Waals surface area (Å²) in [6.45, 7) is 1.92. The normalized spacial score (nSPS) is 14.1. The Morgan fingerprint density at radius 2 is 1.65 bits per heavy atom. The molecule has 0 saturated carbocycles. The number of nitrogens with two attached hydrogens (primary N) is 1. The van der Waals surface area contributed by atoms with Gasteiger partial charge in [0.15, 0.2) is 0 Å². The molecular weight excluding hydrogens is 296 g/mol. The average Bonchev–Trinajstić information content (AvgIpc) is 2.39. The van der Waals surface area contributed by atoms with Gasteiger partial charge in [-0.1, -0.05) is 41.4 Å². The van der Waals surface area contributed by atoms with Crippen molar-refractivity contribution in [2.24, 2.45) is 5.73 Å². The number of benzene rings is 2. The third-order valence-electron chi connectivity index (χ3n) is 3.39. The minimum absolute atomic E-state index is 0.0305. The van der Waals surface area contributed by atoms with Crippen molar-refractivity contribution in [3.63, 3.8) is 0 Å². The lowest BCUT2D eigenvalue weighted by Gasteiger charge is -2.22. The summed E-state index contributed by atoms with van der Waals surface area (Å²) < 4.78 is 13.9. The number of hydrogen-bond acceptors (Lipinski definition) is 1. The minimum Gasteiger partial charge on any atom is -0.327 e. The summed E-state index contributed by atoms with van der Waals surface area (Å²) in [4.78, 5) is 0. The second kappa shape index (κ2) is 6.57. The zero-order valence-corrected chi connectivity index (χ0v) is 12.6. The zero-order chi connectivity index (χ0) is 14.7. The molecule has 0 bridgehead atoms. The van der Waals surface area contributed by atoms with E-state index in [4.69, 9.17) is 28.9 Å². The van der Waals surface area contributed by atoms with Crippen molar-refractivity contribution >= 4 is 23.2 Å². The number of halogens is 3. The summed E-state index contributed by atoms with van der Waals surface area (Å²) in [5.41, 5.74) is 7.72. The molecule has 0 fully saturated rings. The summed E-state index contributed by atoms with van der Waals surface area (Å²) in [6.07, 6.45) is 0.530. The third-order valence-corrected chi connectivity index (χ3v) is 3.87. The van der Waals surface area contributed by atoms with Gasteiger partial charge in [0, 0.05) is 22.0 Å². The lowest BCUT2D eigenvalue weighted by Crippen LogP contribution is -2.26. The Bertz CT molecular complexity index is 582. The topological polar surface area (TPSA) is 26.0 Å². The van der Waals surface area contributed by atoms with E-state index < -0.39 is 0 Å². The van der Waals surface area contributed by atoms with E-state index in [1.54, 1.807) is 12.1 Å². The average molecular weight is 312 g/mol. The molecule has 106 valence electrons. The summed E-state index contributed by atoms with van der Waals surface area (Å²) >= 11 is 11.7. The summed E-state index contributed by atoms with van der Waals surface area (Å²) in [5, 5.41) is 1.07. The summed E-state index contributed by atoms with van der Waals surface area (Å²) in [5.74, 6) is -0.264. The number of rotatable bonds is 4. The molecule has 0 aliphatic carbocycles. The molecule has 2 rings (SSSR count). The summed E-state index contributed by atoms with van der Waals surface area (Å²) in [7, 11) is 0. The molecule has 0 aliphatic rings. The Morgan fingerprint density at radius 1 is 1.05 bits per heavy atom. The van der Waals surface area contributed by atoms with Crippen LogP contribution in [0.5, 0.6) is 0 Å². The van der Waals surface area contributed by atoms with Gasteiger partial charge in [0.05, 0.1) is 0 Å². The molecule has 2 N–H and O–H groups in total. The highest BCUT2D eigenvalue weighted by atomic mass is 35.5. The van der Waals surface area contributed by atoms with Crippen LogP contribution >= 0.6 is 23.2 Å². The molecular formula is C16H16Cl2FN. The van der Waals surface area contributed by atoms with Crippen molar-refractivity contribution in [3.05, 3.63) is 69.5 Å². The van der Waals surface area contributed by atoms with Crippen molar-refractivity contribution < 1.29 is 4.39 Å². The smallest absolute Gasteiger partial charge is 0.127 e. The molecule has 0 amide bonds. The van der Waals surface area contributed by atoms with Gasteiger partial charge in [-0.2, -0.15) is 0 Å². The molecule has 0 aliphatic heterocycles. The maximum Gasteiger partial charge on any atom is 0.127 e. The maximum atomic E-state index is 13.9. The van der Waals surface area contributed by atoms with Crippen molar-refractivity contribution in [1.29, 1.82) is 0 Å². The monoisotopic (exact) mass is 311 g/mol. The van der Waals surface area contributed by atoms with Crippen LogP contribution in [0, 0.1) is 5.82 Å². The highest BCUT2D eigenvalue weighted by Gasteiger charge is 2.18. The van der Waals surface area contributed by atoms with Crippen molar-refractivity contribution in [2.75, 3.05) is 0 Å². The fraction of sp³-hybridized carbons (Fsp3) is 0.250.